The first-order valence-electron chi connectivity index (χ1n) is 6.46. The van der Waals surface area contributed by atoms with Crippen LogP contribution < -0.4 is 4.43 Å². The van der Waals surface area contributed by atoms with Crippen molar-refractivity contribution in [3.8, 4) is 5.75 Å². The largest absolute Gasteiger partial charge is 0.544 e. The van der Waals surface area contributed by atoms with Crippen molar-refractivity contribution in [2.24, 2.45) is 0 Å². The van der Waals surface area contributed by atoms with E-state index in [2.05, 4.69) is 33.9 Å². The van der Waals surface area contributed by atoms with E-state index in [0.29, 0.717) is 11.3 Å². The molecule has 112 valence electrons. The zero-order valence-corrected chi connectivity index (χ0v) is 13.5. The summed E-state index contributed by atoms with van der Waals surface area (Å²) in [5.41, 5.74) is 0.505. The third-order valence-electron chi connectivity index (χ3n) is 3.52. The molecule has 0 amide bonds. The highest BCUT2D eigenvalue weighted by molar-refractivity contribution is 6.74. The first-order valence-corrected chi connectivity index (χ1v) is 9.37. The molecule has 0 saturated heterocycles. The van der Waals surface area contributed by atoms with Gasteiger partial charge in [-0.05, 0) is 35.8 Å². The highest BCUT2D eigenvalue weighted by Gasteiger charge is 2.38. The van der Waals surface area contributed by atoms with Gasteiger partial charge < -0.3 is 4.43 Å². The lowest BCUT2D eigenvalue weighted by atomic mass is 10.2. The van der Waals surface area contributed by atoms with E-state index in [4.69, 9.17) is 4.43 Å². The van der Waals surface area contributed by atoms with E-state index in [9.17, 15) is 13.2 Å². The Morgan fingerprint density at radius 2 is 1.50 bits per heavy atom. The molecule has 0 aliphatic carbocycles. The summed E-state index contributed by atoms with van der Waals surface area (Å²) >= 11 is 0. The lowest BCUT2D eigenvalue weighted by Gasteiger charge is -2.36. The summed E-state index contributed by atoms with van der Waals surface area (Å²) in [5, 5.41) is 0.0852. The van der Waals surface area contributed by atoms with Crippen LogP contribution in [0.4, 0.5) is 13.2 Å². The Kier molecular flexibility index (Phi) is 4.74. The van der Waals surface area contributed by atoms with Crippen LogP contribution in [0.15, 0.2) is 30.3 Å². The molecule has 0 fully saturated rings. The van der Waals surface area contributed by atoms with Crippen molar-refractivity contribution >= 4 is 14.4 Å². The van der Waals surface area contributed by atoms with Crippen molar-refractivity contribution in [1.29, 1.82) is 0 Å². The van der Waals surface area contributed by atoms with Crippen molar-refractivity contribution in [3.63, 3.8) is 0 Å². The van der Waals surface area contributed by atoms with Gasteiger partial charge in [0.05, 0.1) is 0 Å². The number of alkyl halides is 3. The Balaban J connectivity index is 2.80. The number of halogens is 3. The zero-order valence-electron chi connectivity index (χ0n) is 12.5. The Labute approximate surface area is 119 Å². The molecule has 0 aliphatic heterocycles. The zero-order chi connectivity index (χ0) is 15.6. The van der Waals surface area contributed by atoms with Gasteiger partial charge in [-0.15, -0.1) is 0 Å². The fourth-order valence-corrected chi connectivity index (χ4v) is 2.32. The Bertz CT molecular complexity index is 467. The van der Waals surface area contributed by atoms with E-state index >= 15 is 0 Å². The summed E-state index contributed by atoms with van der Waals surface area (Å²) in [6, 6.07) is 6.70. The summed E-state index contributed by atoms with van der Waals surface area (Å²) in [4.78, 5) is 0. The predicted octanol–water partition coefficient (Wildman–Crippen LogP) is 5.65. The maximum absolute atomic E-state index is 12.1. The van der Waals surface area contributed by atoms with E-state index < -0.39 is 14.5 Å². The second-order valence-corrected chi connectivity index (χ2v) is 11.0. The van der Waals surface area contributed by atoms with Crippen molar-refractivity contribution in [2.45, 2.75) is 45.1 Å². The summed E-state index contributed by atoms with van der Waals surface area (Å²) in [6.07, 6.45) is -3.00. The van der Waals surface area contributed by atoms with Crippen LogP contribution in [-0.4, -0.2) is 14.5 Å². The van der Waals surface area contributed by atoms with Gasteiger partial charge in [0.1, 0.15) is 5.75 Å². The monoisotopic (exact) mass is 302 g/mol. The van der Waals surface area contributed by atoms with Gasteiger partial charge >= 0.3 is 6.18 Å². The molecule has 0 radical (unpaired) electrons. The molecule has 0 saturated carbocycles. The SMILES string of the molecule is CC(C)(C)[Si](C)(C)Oc1ccc(/C=C/C(F)(F)F)cc1. The van der Waals surface area contributed by atoms with Crippen LogP contribution in [0.3, 0.4) is 0 Å². The van der Waals surface area contributed by atoms with Gasteiger partial charge in [-0.2, -0.15) is 13.2 Å². The summed E-state index contributed by atoms with van der Waals surface area (Å²) in [7, 11) is -1.91. The van der Waals surface area contributed by atoms with Crippen molar-refractivity contribution < 1.29 is 17.6 Å². The molecule has 0 spiro atoms. The van der Waals surface area contributed by atoms with Crippen LogP contribution in [0, 0.1) is 0 Å². The molecule has 0 heterocycles. The van der Waals surface area contributed by atoms with E-state index in [0.717, 1.165) is 6.08 Å². The van der Waals surface area contributed by atoms with Gasteiger partial charge in [-0.1, -0.05) is 39.0 Å². The number of hydrogen-bond acceptors (Lipinski definition) is 1. The molecule has 0 aliphatic rings. The van der Waals surface area contributed by atoms with E-state index in [-0.39, 0.29) is 11.1 Å². The molecule has 5 heteroatoms. The Morgan fingerprint density at radius 3 is 1.90 bits per heavy atom. The lowest BCUT2D eigenvalue weighted by molar-refractivity contribution is -0.0790. The highest BCUT2D eigenvalue weighted by Crippen LogP contribution is 2.37. The summed E-state index contributed by atoms with van der Waals surface area (Å²) in [6.45, 7) is 10.7. The van der Waals surface area contributed by atoms with Gasteiger partial charge in [0.15, 0.2) is 0 Å². The van der Waals surface area contributed by atoms with Gasteiger partial charge in [-0.3, -0.25) is 0 Å². The molecule has 0 N–H and O–H groups in total. The van der Waals surface area contributed by atoms with Gasteiger partial charge in [0.2, 0.25) is 8.32 Å². The van der Waals surface area contributed by atoms with Crippen LogP contribution in [-0.2, 0) is 0 Å². The van der Waals surface area contributed by atoms with Crippen LogP contribution in [0.5, 0.6) is 5.75 Å². The topological polar surface area (TPSA) is 9.23 Å². The molecular formula is C15H21F3OSi. The lowest BCUT2D eigenvalue weighted by Crippen LogP contribution is -2.43. The molecule has 20 heavy (non-hydrogen) atoms. The minimum Gasteiger partial charge on any atom is -0.544 e. The van der Waals surface area contributed by atoms with Crippen molar-refractivity contribution in [1.82, 2.24) is 0 Å². The highest BCUT2D eigenvalue weighted by atomic mass is 28.4. The standard InChI is InChI=1S/C15H21F3OSi/c1-14(2,3)20(4,5)19-13-8-6-12(7-9-13)10-11-15(16,17)18/h6-11H,1-5H3/b11-10+. The molecule has 1 aromatic rings. The summed E-state index contributed by atoms with van der Waals surface area (Å²) in [5.74, 6) is 0.709. The average Bonchev–Trinajstić information content (AvgIpc) is 2.25. The van der Waals surface area contributed by atoms with Gasteiger partial charge in [0, 0.05) is 6.08 Å². The summed E-state index contributed by atoms with van der Waals surface area (Å²) < 4.78 is 42.3. The molecule has 0 aromatic heterocycles. The van der Waals surface area contributed by atoms with E-state index in [1.807, 2.05) is 0 Å². The maximum atomic E-state index is 12.1. The maximum Gasteiger partial charge on any atom is 0.409 e. The van der Waals surface area contributed by atoms with E-state index in [1.54, 1.807) is 24.3 Å². The molecule has 1 aromatic carbocycles. The van der Waals surface area contributed by atoms with Crippen LogP contribution in [0.25, 0.3) is 6.08 Å². The molecule has 1 nitrogen and oxygen atoms in total. The van der Waals surface area contributed by atoms with Crippen LogP contribution in [0.1, 0.15) is 26.3 Å². The first kappa shape index (κ1) is 16.8. The third-order valence-corrected chi connectivity index (χ3v) is 7.88. The molecule has 0 atom stereocenters. The molecule has 0 unspecified atom stereocenters. The van der Waals surface area contributed by atoms with Crippen LogP contribution >= 0.6 is 0 Å². The first-order chi connectivity index (χ1) is 8.91. The molecule has 1 rings (SSSR count). The second-order valence-electron chi connectivity index (χ2n) is 6.31. The van der Waals surface area contributed by atoms with Crippen molar-refractivity contribution in [3.05, 3.63) is 35.9 Å². The smallest absolute Gasteiger partial charge is 0.409 e. The fraction of sp³-hybridized carbons (Fsp3) is 0.467. The minimum atomic E-state index is -4.28. The fourth-order valence-electron chi connectivity index (χ4n) is 1.29. The molecular weight excluding hydrogens is 281 g/mol. The predicted molar refractivity (Wildman–Crippen MR) is 79.4 cm³/mol. The number of hydrogen-bond donors (Lipinski definition) is 0. The Morgan fingerprint density at radius 1 is 1.00 bits per heavy atom. The quantitative estimate of drug-likeness (QED) is 0.656. The molecule has 0 bridgehead atoms. The third kappa shape index (κ3) is 5.04. The van der Waals surface area contributed by atoms with Crippen LogP contribution in [0.2, 0.25) is 18.1 Å². The minimum absolute atomic E-state index is 0.0852. The second kappa shape index (κ2) is 5.64. The number of rotatable bonds is 3. The number of benzene rings is 1. The van der Waals surface area contributed by atoms with Gasteiger partial charge in [-0.25, -0.2) is 0 Å². The normalized spacial score (nSPS) is 13.8. The number of allylic oxidation sites excluding steroid dienone is 1. The average molecular weight is 302 g/mol. The van der Waals surface area contributed by atoms with Crippen molar-refractivity contribution in [2.75, 3.05) is 0 Å². The van der Waals surface area contributed by atoms with Gasteiger partial charge in [0.25, 0.3) is 0 Å². The Hall–Kier alpha value is -1.23. The van der Waals surface area contributed by atoms with E-state index in [1.165, 1.54) is 0 Å².